The number of amides is 2. The summed E-state index contributed by atoms with van der Waals surface area (Å²) in [5.74, 6) is -0.585. The topological polar surface area (TPSA) is 122 Å². The minimum Gasteiger partial charge on any atom is -0.508 e. The third-order valence-corrected chi connectivity index (χ3v) is 6.42. The van der Waals surface area contributed by atoms with E-state index in [-0.39, 0.29) is 34.4 Å². The fourth-order valence-corrected chi connectivity index (χ4v) is 4.93. The van der Waals surface area contributed by atoms with E-state index in [1.54, 1.807) is 28.8 Å². The van der Waals surface area contributed by atoms with Gasteiger partial charge in [0.05, 0.1) is 6.04 Å². The van der Waals surface area contributed by atoms with Gasteiger partial charge in [-0.3, -0.25) is 14.4 Å². The number of thioether (sulfide) groups is 1. The molecule has 0 bridgehead atoms. The molecule has 140 valence electrons. The number of phenolic OH excluding ortho intramolecular Hbond substituents is 1. The van der Waals surface area contributed by atoms with Crippen LogP contribution in [0.25, 0.3) is 0 Å². The van der Waals surface area contributed by atoms with Crippen molar-refractivity contribution in [1.82, 2.24) is 10.2 Å². The lowest BCUT2D eigenvalue weighted by atomic mass is 9.96. The van der Waals surface area contributed by atoms with Gasteiger partial charge >= 0.3 is 0 Å². The molecule has 2 heterocycles. The smallest absolute Gasteiger partial charge is 0.293 e. The highest BCUT2D eigenvalue weighted by atomic mass is 32.2. The number of phenols is 1. The average Bonchev–Trinajstić information content (AvgIpc) is 2.85. The summed E-state index contributed by atoms with van der Waals surface area (Å²) >= 11 is 1.56. The van der Waals surface area contributed by atoms with E-state index in [2.05, 4.69) is 5.32 Å². The van der Waals surface area contributed by atoms with Crippen molar-refractivity contribution in [2.24, 2.45) is 5.73 Å². The molecule has 3 unspecified atom stereocenters. The van der Waals surface area contributed by atoms with Gasteiger partial charge in [-0.2, -0.15) is 0 Å². The van der Waals surface area contributed by atoms with E-state index in [4.69, 9.17) is 10.5 Å². The molecule has 0 saturated carbocycles. The Bertz CT molecular complexity index is 724. The Labute approximate surface area is 155 Å². The van der Waals surface area contributed by atoms with Crippen molar-refractivity contribution in [3.05, 3.63) is 29.8 Å². The number of fused-ring (bicyclic) bond motifs is 1. The van der Waals surface area contributed by atoms with Crippen LogP contribution in [0.2, 0.25) is 0 Å². The van der Waals surface area contributed by atoms with Gasteiger partial charge in [-0.25, -0.2) is 0 Å². The van der Waals surface area contributed by atoms with E-state index in [1.807, 2.05) is 13.8 Å². The molecule has 1 aromatic carbocycles. The lowest BCUT2D eigenvalue weighted by molar-refractivity contribution is -0.154. The van der Waals surface area contributed by atoms with Crippen LogP contribution in [0, 0.1) is 0 Å². The third-order valence-electron chi connectivity index (χ3n) is 4.80. The molecule has 9 heteroatoms. The van der Waals surface area contributed by atoms with Gasteiger partial charge in [-0.05, 0) is 31.5 Å². The Kier molecular flexibility index (Phi) is 4.85. The zero-order chi connectivity index (χ0) is 19.1. The van der Waals surface area contributed by atoms with Crippen LogP contribution in [-0.2, 0) is 19.1 Å². The molecule has 0 aromatic heterocycles. The molecule has 0 aliphatic carbocycles. The lowest BCUT2D eigenvalue weighted by Crippen LogP contribution is -2.70. The third kappa shape index (κ3) is 3.12. The molecule has 2 aliphatic heterocycles. The molecule has 0 spiro atoms. The molecule has 0 radical (unpaired) electrons. The number of hydrogen-bond acceptors (Lipinski definition) is 7. The van der Waals surface area contributed by atoms with E-state index in [0.29, 0.717) is 12.0 Å². The van der Waals surface area contributed by atoms with Crippen molar-refractivity contribution < 1.29 is 24.2 Å². The lowest BCUT2D eigenvalue weighted by Gasteiger charge is -2.44. The Morgan fingerprint density at radius 2 is 2.12 bits per heavy atom. The molecule has 2 saturated heterocycles. The van der Waals surface area contributed by atoms with Crippen molar-refractivity contribution in [1.29, 1.82) is 0 Å². The normalized spacial score (nSPS) is 27.3. The Hall–Kier alpha value is -2.26. The number of β-lactam (4-membered cyclic amide) rings is 1. The van der Waals surface area contributed by atoms with Crippen LogP contribution in [-0.4, -0.2) is 57.1 Å². The van der Waals surface area contributed by atoms with Crippen LogP contribution in [0.3, 0.4) is 0 Å². The minimum absolute atomic E-state index is 0.0827. The maximum Gasteiger partial charge on any atom is 0.293 e. The highest BCUT2D eigenvalue weighted by Crippen LogP contribution is 2.50. The van der Waals surface area contributed by atoms with Crippen LogP contribution in [0.5, 0.6) is 5.75 Å². The molecule has 4 atom stereocenters. The number of ether oxygens (including phenoxy) is 1. The summed E-state index contributed by atoms with van der Waals surface area (Å²) in [7, 11) is 0. The van der Waals surface area contributed by atoms with Crippen LogP contribution < -0.4 is 11.1 Å². The summed E-state index contributed by atoms with van der Waals surface area (Å²) in [6.07, 6.45) is 0. The minimum atomic E-state index is -0.939. The molecule has 2 fully saturated rings. The monoisotopic (exact) mass is 379 g/mol. The van der Waals surface area contributed by atoms with E-state index in [9.17, 15) is 19.5 Å². The van der Waals surface area contributed by atoms with Crippen LogP contribution in [0.4, 0.5) is 0 Å². The number of nitrogens with zero attached hydrogens (tertiary/aromatic N) is 1. The van der Waals surface area contributed by atoms with Crippen molar-refractivity contribution in [2.75, 3.05) is 6.61 Å². The second-order valence-corrected chi connectivity index (χ2v) is 8.63. The molecule has 2 aliphatic rings. The fourth-order valence-electron chi connectivity index (χ4n) is 3.29. The Morgan fingerprint density at radius 3 is 2.73 bits per heavy atom. The van der Waals surface area contributed by atoms with Crippen LogP contribution in [0.15, 0.2) is 24.3 Å². The van der Waals surface area contributed by atoms with Gasteiger partial charge < -0.3 is 25.8 Å². The highest BCUT2D eigenvalue weighted by molar-refractivity contribution is 8.01. The van der Waals surface area contributed by atoms with Crippen molar-refractivity contribution in [2.45, 2.75) is 42.1 Å². The number of rotatable bonds is 6. The standard InChI is InChI=1S/C17H21N3O5S/c1-17(2)11(7-25-8-21)20-15(24)13(16(20)26-17)19-14(23)12(18)9-3-5-10(22)6-4-9/h3-6,8,11-13,16,22H,7,18H2,1-2H3,(H,19,23)/t11?,12-,13?,16?/m1/s1. The summed E-state index contributed by atoms with van der Waals surface area (Å²) in [6, 6.07) is 4.19. The summed E-state index contributed by atoms with van der Waals surface area (Å²) in [6.45, 7) is 4.44. The van der Waals surface area contributed by atoms with Gasteiger partial charge in [-0.1, -0.05) is 12.1 Å². The summed E-state index contributed by atoms with van der Waals surface area (Å²) < 4.78 is 4.56. The maximum absolute atomic E-state index is 12.5. The number of aromatic hydroxyl groups is 1. The Balaban J connectivity index is 1.66. The largest absolute Gasteiger partial charge is 0.508 e. The highest BCUT2D eigenvalue weighted by Gasteiger charge is 2.62. The van der Waals surface area contributed by atoms with E-state index >= 15 is 0 Å². The fraction of sp³-hybridized carbons (Fsp3) is 0.471. The SMILES string of the molecule is CC1(C)SC2C(NC(=O)[C@H](N)c3ccc(O)cc3)C(=O)N2C1COC=O. The molecule has 4 N–H and O–H groups in total. The molecular weight excluding hydrogens is 358 g/mol. The second-order valence-electron chi connectivity index (χ2n) is 6.86. The Morgan fingerprint density at radius 1 is 1.46 bits per heavy atom. The van der Waals surface area contributed by atoms with Crippen molar-refractivity contribution >= 4 is 30.0 Å². The molecule has 3 rings (SSSR count). The molecule has 1 aromatic rings. The van der Waals surface area contributed by atoms with Crippen LogP contribution >= 0.6 is 11.8 Å². The van der Waals surface area contributed by atoms with Crippen molar-refractivity contribution in [3.63, 3.8) is 0 Å². The summed E-state index contributed by atoms with van der Waals surface area (Å²) in [5.41, 5.74) is 6.50. The van der Waals surface area contributed by atoms with E-state index < -0.39 is 18.0 Å². The van der Waals surface area contributed by atoms with Gasteiger partial charge in [0.1, 0.15) is 29.8 Å². The van der Waals surface area contributed by atoms with Gasteiger partial charge in [0.25, 0.3) is 6.47 Å². The molecule has 26 heavy (non-hydrogen) atoms. The van der Waals surface area contributed by atoms with Gasteiger partial charge in [0, 0.05) is 4.75 Å². The number of nitrogens with two attached hydrogens (primary N) is 1. The number of benzene rings is 1. The number of carbonyl (C=O) groups excluding carboxylic acids is 3. The van der Waals surface area contributed by atoms with E-state index in [1.165, 1.54) is 12.1 Å². The molecule has 2 amide bonds. The summed E-state index contributed by atoms with van der Waals surface area (Å²) in [4.78, 5) is 37.1. The van der Waals surface area contributed by atoms with Gasteiger partial charge in [-0.15, -0.1) is 11.8 Å². The predicted molar refractivity (Wildman–Crippen MR) is 95.1 cm³/mol. The quantitative estimate of drug-likeness (QED) is 0.474. The first-order chi connectivity index (χ1) is 12.3. The summed E-state index contributed by atoms with van der Waals surface area (Å²) in [5, 5.41) is 11.8. The van der Waals surface area contributed by atoms with Crippen molar-refractivity contribution in [3.8, 4) is 5.75 Å². The number of carbonyl (C=O) groups is 3. The second kappa shape index (κ2) is 6.81. The first-order valence-electron chi connectivity index (χ1n) is 8.16. The predicted octanol–water partition coefficient (Wildman–Crippen LogP) is 0.112. The number of nitrogens with one attached hydrogen (secondary N) is 1. The van der Waals surface area contributed by atoms with Crippen LogP contribution in [0.1, 0.15) is 25.5 Å². The zero-order valence-corrected chi connectivity index (χ0v) is 15.2. The first kappa shape index (κ1) is 18.5. The molecule has 8 nitrogen and oxygen atoms in total. The van der Waals surface area contributed by atoms with Gasteiger partial charge in [0.15, 0.2) is 0 Å². The van der Waals surface area contributed by atoms with Gasteiger partial charge in [0.2, 0.25) is 11.8 Å². The molecular formula is C17H21N3O5S. The number of hydrogen-bond donors (Lipinski definition) is 3. The zero-order valence-electron chi connectivity index (χ0n) is 14.4. The maximum atomic E-state index is 12.5. The van der Waals surface area contributed by atoms with E-state index in [0.717, 1.165) is 0 Å². The average molecular weight is 379 g/mol. The first-order valence-corrected chi connectivity index (χ1v) is 9.04.